The molecule has 0 aliphatic rings. The predicted octanol–water partition coefficient (Wildman–Crippen LogP) is 5.64. The number of ether oxygens (including phenoxy) is 1. The third-order valence-electron chi connectivity index (χ3n) is 6.06. The molecule has 8 nitrogen and oxygen atoms in total. The molecule has 200 valence electrons. The number of benzene rings is 2. The summed E-state index contributed by atoms with van der Waals surface area (Å²) in [4.78, 5) is 13.5. The fourth-order valence-corrected chi connectivity index (χ4v) is 4.36. The zero-order valence-electron chi connectivity index (χ0n) is 21.9. The highest BCUT2D eigenvalue weighted by atomic mass is 19.1. The van der Waals surface area contributed by atoms with E-state index in [1.165, 1.54) is 12.1 Å². The second-order valence-corrected chi connectivity index (χ2v) is 9.92. The largest absolute Gasteiger partial charge is 0.494 e. The third kappa shape index (κ3) is 5.85. The highest BCUT2D eigenvalue weighted by molar-refractivity contribution is 5.91. The highest BCUT2D eigenvalue weighted by Crippen LogP contribution is 2.30. The lowest BCUT2D eigenvalue weighted by Gasteiger charge is -2.20. The molecule has 0 fully saturated rings. The zero-order chi connectivity index (χ0) is 27.6. The zero-order valence-corrected chi connectivity index (χ0v) is 21.9. The number of hydrogen-bond donors (Lipinski definition) is 2. The quantitative estimate of drug-likeness (QED) is 0.255. The first-order chi connectivity index (χ1) is 18.7. The molecule has 0 spiro atoms. The Morgan fingerprint density at radius 1 is 1.05 bits per heavy atom. The van der Waals surface area contributed by atoms with Crippen molar-refractivity contribution in [2.24, 2.45) is 5.73 Å². The van der Waals surface area contributed by atoms with E-state index in [1.54, 1.807) is 30.2 Å². The van der Waals surface area contributed by atoms with E-state index in [9.17, 15) is 8.78 Å². The fraction of sp³-hybridized carbons (Fsp3) is 0.241. The van der Waals surface area contributed by atoms with Crippen LogP contribution in [0.3, 0.4) is 0 Å². The van der Waals surface area contributed by atoms with E-state index >= 15 is 0 Å². The summed E-state index contributed by atoms with van der Waals surface area (Å²) in [6.45, 7) is 5.82. The van der Waals surface area contributed by atoms with Crippen molar-refractivity contribution in [3.8, 4) is 17.3 Å². The molecule has 3 N–H and O–H groups in total. The first-order valence-corrected chi connectivity index (χ1v) is 12.6. The Balaban J connectivity index is 1.58. The van der Waals surface area contributed by atoms with Gasteiger partial charge in [-0.25, -0.2) is 18.7 Å². The molecule has 0 saturated carbocycles. The van der Waals surface area contributed by atoms with Crippen molar-refractivity contribution in [1.29, 1.82) is 0 Å². The lowest BCUT2D eigenvalue weighted by molar-refractivity contribution is 0.335. The molecule has 0 amide bonds. The number of fused-ring (bicyclic) bond motifs is 1. The Bertz CT molecular complexity index is 1590. The van der Waals surface area contributed by atoms with Gasteiger partial charge >= 0.3 is 0 Å². The van der Waals surface area contributed by atoms with Gasteiger partial charge in [0.05, 0.1) is 18.7 Å². The van der Waals surface area contributed by atoms with Crippen molar-refractivity contribution in [3.63, 3.8) is 0 Å². The Morgan fingerprint density at radius 2 is 1.77 bits per heavy atom. The second kappa shape index (κ2) is 10.7. The first-order valence-electron chi connectivity index (χ1n) is 12.6. The van der Waals surface area contributed by atoms with Crippen molar-refractivity contribution in [3.05, 3.63) is 89.9 Å². The van der Waals surface area contributed by atoms with Gasteiger partial charge in [0.15, 0.2) is 5.82 Å². The minimum Gasteiger partial charge on any atom is -0.494 e. The summed E-state index contributed by atoms with van der Waals surface area (Å²) >= 11 is 0. The lowest BCUT2D eigenvalue weighted by Crippen LogP contribution is -2.34. The topological polar surface area (TPSA) is 104 Å². The van der Waals surface area contributed by atoms with Gasteiger partial charge in [-0.1, -0.05) is 18.2 Å². The molecule has 0 saturated heterocycles. The van der Waals surface area contributed by atoms with E-state index in [2.05, 4.69) is 15.3 Å². The van der Waals surface area contributed by atoms with Crippen LogP contribution in [0, 0.1) is 11.6 Å². The number of anilines is 2. The molecule has 10 heteroatoms. The monoisotopic (exact) mass is 529 g/mol. The smallest absolute Gasteiger partial charge is 0.182 e. The summed E-state index contributed by atoms with van der Waals surface area (Å²) in [5.41, 5.74) is 8.54. The maximum atomic E-state index is 14.9. The molecule has 5 aromatic rings. The van der Waals surface area contributed by atoms with E-state index in [4.69, 9.17) is 20.6 Å². The lowest BCUT2D eigenvalue weighted by atomic mass is 9.97. The third-order valence-corrected chi connectivity index (χ3v) is 6.06. The first kappa shape index (κ1) is 26.2. The maximum absolute atomic E-state index is 14.9. The average Bonchev–Trinajstić information content (AvgIpc) is 3.26. The summed E-state index contributed by atoms with van der Waals surface area (Å²) in [5, 5.41) is 8.81. The number of aromatic nitrogens is 5. The molecule has 0 aliphatic heterocycles. The average molecular weight is 530 g/mol. The highest BCUT2D eigenvalue weighted by Gasteiger charge is 2.21. The van der Waals surface area contributed by atoms with Crippen molar-refractivity contribution in [2.75, 3.05) is 11.9 Å². The Labute approximate surface area is 224 Å². The van der Waals surface area contributed by atoms with Crippen LogP contribution in [0.5, 0.6) is 5.75 Å². The summed E-state index contributed by atoms with van der Waals surface area (Å²) in [6, 6.07) is 13.5. The summed E-state index contributed by atoms with van der Waals surface area (Å²) in [7, 11) is 0. The van der Waals surface area contributed by atoms with Crippen LogP contribution in [-0.2, 0) is 13.0 Å². The van der Waals surface area contributed by atoms with Crippen molar-refractivity contribution in [1.82, 2.24) is 24.7 Å². The van der Waals surface area contributed by atoms with Crippen LogP contribution in [0.15, 0.2) is 67.1 Å². The van der Waals surface area contributed by atoms with E-state index in [0.29, 0.717) is 35.9 Å². The number of nitrogens with one attached hydrogen (secondary N) is 1. The normalized spacial score (nSPS) is 11.6. The van der Waals surface area contributed by atoms with Crippen molar-refractivity contribution >= 4 is 22.4 Å². The summed E-state index contributed by atoms with van der Waals surface area (Å²) in [6.07, 6.45) is 5.64. The van der Waals surface area contributed by atoms with Gasteiger partial charge in [0, 0.05) is 58.5 Å². The van der Waals surface area contributed by atoms with Crippen LogP contribution in [0.2, 0.25) is 0 Å². The minimum atomic E-state index is -0.701. The number of para-hydroxylation sites is 1. The molecule has 3 aromatic heterocycles. The molecule has 2 aromatic carbocycles. The van der Waals surface area contributed by atoms with E-state index in [0.717, 1.165) is 16.6 Å². The van der Waals surface area contributed by atoms with Crippen LogP contribution in [0.25, 0.3) is 22.4 Å². The number of nitrogens with zero attached hydrogens (tertiary/aromatic N) is 5. The van der Waals surface area contributed by atoms with E-state index < -0.39 is 17.2 Å². The Hall–Kier alpha value is -4.44. The van der Waals surface area contributed by atoms with Crippen LogP contribution >= 0.6 is 0 Å². The fourth-order valence-electron chi connectivity index (χ4n) is 4.36. The van der Waals surface area contributed by atoms with Crippen LogP contribution in [0.4, 0.5) is 20.3 Å². The molecule has 39 heavy (non-hydrogen) atoms. The number of pyridine rings is 1. The molecule has 0 aliphatic carbocycles. The van der Waals surface area contributed by atoms with Gasteiger partial charge in [-0.3, -0.25) is 9.67 Å². The van der Waals surface area contributed by atoms with Gasteiger partial charge in [-0.2, -0.15) is 5.10 Å². The van der Waals surface area contributed by atoms with Gasteiger partial charge in [0.1, 0.15) is 28.9 Å². The maximum Gasteiger partial charge on any atom is 0.182 e. The van der Waals surface area contributed by atoms with E-state index in [-0.39, 0.29) is 17.9 Å². The summed E-state index contributed by atoms with van der Waals surface area (Å²) < 4.78 is 36.6. The molecule has 0 bridgehead atoms. The molecule has 5 rings (SSSR count). The molecule has 0 unspecified atom stereocenters. The second-order valence-electron chi connectivity index (χ2n) is 9.92. The molecule has 3 heterocycles. The SMILES string of the molecule is CCOc1cc(F)c(Cn2nc(-c3ncc(CC(C)(C)N)c(Nc4ccncc4)n3)c3ccccc32)c(F)c1. The van der Waals surface area contributed by atoms with Gasteiger partial charge in [0.2, 0.25) is 0 Å². The van der Waals surface area contributed by atoms with Gasteiger partial charge in [-0.15, -0.1) is 0 Å². The summed E-state index contributed by atoms with van der Waals surface area (Å²) in [5.74, 6) is -0.299. The van der Waals surface area contributed by atoms with Gasteiger partial charge in [-0.05, 0) is 45.4 Å². The van der Waals surface area contributed by atoms with Crippen LogP contribution in [-0.4, -0.2) is 36.9 Å². The molecule has 0 atom stereocenters. The van der Waals surface area contributed by atoms with Crippen LogP contribution < -0.4 is 15.8 Å². The van der Waals surface area contributed by atoms with Gasteiger partial charge < -0.3 is 15.8 Å². The molecular weight excluding hydrogens is 500 g/mol. The Morgan fingerprint density at radius 3 is 2.46 bits per heavy atom. The number of hydrogen-bond acceptors (Lipinski definition) is 7. The van der Waals surface area contributed by atoms with E-state index in [1.807, 2.05) is 50.2 Å². The standard InChI is InChI=1S/C29H29F2N7O/c1-4-39-20-13-23(30)22(24(31)14-20)17-38-25-8-6-5-7-21(25)26(37-38)28-34-16-18(15-29(2,3)32)27(36-28)35-19-9-11-33-12-10-19/h5-14,16H,4,15,17,32H2,1-3H3,(H,33,34,35,36). The minimum absolute atomic E-state index is 0.111. The van der Waals surface area contributed by atoms with Gasteiger partial charge in [0.25, 0.3) is 0 Å². The predicted molar refractivity (Wildman–Crippen MR) is 147 cm³/mol. The van der Waals surface area contributed by atoms with Crippen molar-refractivity contribution < 1.29 is 13.5 Å². The number of nitrogens with two attached hydrogens (primary N) is 1. The number of halogens is 2. The van der Waals surface area contributed by atoms with Crippen molar-refractivity contribution in [2.45, 2.75) is 39.3 Å². The molecule has 0 radical (unpaired) electrons. The number of rotatable bonds is 9. The van der Waals surface area contributed by atoms with Crippen LogP contribution in [0.1, 0.15) is 31.9 Å². The Kier molecular flexibility index (Phi) is 7.21. The molecular formula is C29H29F2N7O.